The van der Waals surface area contributed by atoms with Gasteiger partial charge in [-0.3, -0.25) is 4.79 Å². The highest BCUT2D eigenvalue weighted by atomic mass is 16.5. The topological polar surface area (TPSA) is 111 Å². The molecule has 0 saturated carbocycles. The zero-order chi connectivity index (χ0) is 14.6. The molecule has 0 heterocycles. The van der Waals surface area contributed by atoms with E-state index in [0.29, 0.717) is 5.75 Å². The highest BCUT2D eigenvalue weighted by Gasteiger charge is 2.29. The van der Waals surface area contributed by atoms with Gasteiger partial charge in [0.25, 0.3) is 0 Å². The second-order valence-corrected chi connectivity index (χ2v) is 3.74. The maximum atomic E-state index is 10.9. The van der Waals surface area contributed by atoms with E-state index < -0.39 is 18.1 Å². The number of hydrogen-bond acceptors (Lipinski definition) is 6. The van der Waals surface area contributed by atoms with Crippen LogP contribution in [-0.4, -0.2) is 43.6 Å². The molecule has 2 unspecified atom stereocenters. The maximum Gasteiger partial charge on any atom is 0.249 e. The van der Waals surface area contributed by atoms with Crippen LogP contribution in [0, 0.1) is 0 Å². The molecule has 1 rings (SSSR count). The highest BCUT2D eigenvalue weighted by Crippen LogP contribution is 2.39. The molecule has 0 bridgehead atoms. The van der Waals surface area contributed by atoms with Gasteiger partial charge in [-0.05, 0) is 0 Å². The van der Waals surface area contributed by atoms with Crippen LogP contribution in [0.3, 0.4) is 0 Å². The van der Waals surface area contributed by atoms with E-state index in [4.69, 9.17) is 19.9 Å². The summed E-state index contributed by atoms with van der Waals surface area (Å²) in [6, 6.07) is 2.99. The molecule has 1 aromatic carbocycles. The van der Waals surface area contributed by atoms with Gasteiger partial charge in [-0.15, -0.1) is 0 Å². The third-order valence-electron chi connectivity index (χ3n) is 2.64. The molecule has 1 aromatic rings. The number of hydrogen-bond donors (Lipinski definition) is 3. The molecule has 0 aliphatic carbocycles. The molecule has 106 valence electrons. The molecule has 1 amide bonds. The van der Waals surface area contributed by atoms with Crippen LogP contribution in [0.2, 0.25) is 0 Å². The molecule has 0 saturated heterocycles. The van der Waals surface area contributed by atoms with E-state index >= 15 is 0 Å². The van der Waals surface area contributed by atoms with Crippen LogP contribution < -0.4 is 19.9 Å². The van der Waals surface area contributed by atoms with Gasteiger partial charge >= 0.3 is 0 Å². The fraction of sp³-hybridized carbons (Fsp3) is 0.417. The number of aliphatic hydroxyl groups excluding tert-OH is 2. The third kappa shape index (κ3) is 3.07. The average molecular weight is 271 g/mol. The molecule has 0 aliphatic rings. The van der Waals surface area contributed by atoms with Gasteiger partial charge < -0.3 is 30.2 Å². The summed E-state index contributed by atoms with van der Waals surface area (Å²) in [6.45, 7) is 0. The molecule has 0 radical (unpaired) electrons. The lowest BCUT2D eigenvalue weighted by atomic mass is 10.0. The quantitative estimate of drug-likeness (QED) is 0.648. The zero-order valence-electron chi connectivity index (χ0n) is 10.9. The minimum absolute atomic E-state index is 0.122. The van der Waals surface area contributed by atoms with Gasteiger partial charge in [0.1, 0.15) is 23.4 Å². The highest BCUT2D eigenvalue weighted by molar-refractivity contribution is 5.79. The Bertz CT molecular complexity index is 437. The molecule has 0 spiro atoms. The lowest BCUT2D eigenvalue weighted by Crippen LogP contribution is -2.34. The number of benzene rings is 1. The van der Waals surface area contributed by atoms with E-state index in [9.17, 15) is 15.0 Å². The molecule has 0 aliphatic heterocycles. The SMILES string of the molecule is COc1cc(OC)c(C(O)C(O)C(N)=O)c(OC)c1. The van der Waals surface area contributed by atoms with Crippen molar-refractivity contribution in [3.05, 3.63) is 17.7 Å². The first-order valence-corrected chi connectivity index (χ1v) is 5.41. The minimum Gasteiger partial charge on any atom is -0.496 e. The zero-order valence-corrected chi connectivity index (χ0v) is 10.9. The summed E-state index contributed by atoms with van der Waals surface area (Å²) in [5, 5.41) is 19.5. The van der Waals surface area contributed by atoms with Crippen LogP contribution in [0.25, 0.3) is 0 Å². The Morgan fingerprint density at radius 2 is 1.58 bits per heavy atom. The Kier molecular flexibility index (Phi) is 4.96. The smallest absolute Gasteiger partial charge is 0.249 e. The van der Waals surface area contributed by atoms with Crippen molar-refractivity contribution in [2.24, 2.45) is 5.73 Å². The molecule has 7 heteroatoms. The van der Waals surface area contributed by atoms with Gasteiger partial charge in [0.15, 0.2) is 6.10 Å². The summed E-state index contributed by atoms with van der Waals surface area (Å²) >= 11 is 0. The van der Waals surface area contributed by atoms with E-state index in [1.165, 1.54) is 33.5 Å². The van der Waals surface area contributed by atoms with Crippen LogP contribution in [0.1, 0.15) is 11.7 Å². The first-order chi connectivity index (χ1) is 8.96. The van der Waals surface area contributed by atoms with Crippen molar-refractivity contribution in [1.29, 1.82) is 0 Å². The van der Waals surface area contributed by atoms with E-state index in [2.05, 4.69) is 0 Å². The third-order valence-corrected chi connectivity index (χ3v) is 2.64. The number of carbonyl (C=O) groups excluding carboxylic acids is 1. The van der Waals surface area contributed by atoms with Crippen molar-refractivity contribution in [3.8, 4) is 17.2 Å². The molecular formula is C12H17NO6. The maximum absolute atomic E-state index is 10.9. The van der Waals surface area contributed by atoms with Crippen LogP contribution in [0.5, 0.6) is 17.2 Å². The first-order valence-electron chi connectivity index (χ1n) is 5.41. The predicted molar refractivity (Wildman–Crippen MR) is 66.3 cm³/mol. The van der Waals surface area contributed by atoms with Gasteiger partial charge in [0, 0.05) is 12.1 Å². The number of methoxy groups -OCH3 is 3. The Morgan fingerprint density at radius 1 is 1.11 bits per heavy atom. The summed E-state index contributed by atoms with van der Waals surface area (Å²) in [6.07, 6.45) is -3.33. The Labute approximate surface area is 110 Å². The number of primary amides is 1. The van der Waals surface area contributed by atoms with Gasteiger partial charge in [-0.1, -0.05) is 0 Å². The fourth-order valence-corrected chi connectivity index (χ4v) is 1.64. The van der Waals surface area contributed by atoms with Crippen molar-refractivity contribution in [2.75, 3.05) is 21.3 Å². The summed E-state index contributed by atoms with van der Waals surface area (Å²) in [5.74, 6) is -0.182. The summed E-state index contributed by atoms with van der Waals surface area (Å²) < 4.78 is 15.2. The number of aliphatic hydroxyl groups is 2. The van der Waals surface area contributed by atoms with Gasteiger partial charge in [-0.2, -0.15) is 0 Å². The van der Waals surface area contributed by atoms with Crippen LogP contribution in [0.4, 0.5) is 0 Å². The van der Waals surface area contributed by atoms with Gasteiger partial charge in [0.05, 0.1) is 26.9 Å². The van der Waals surface area contributed by atoms with Gasteiger partial charge in [0.2, 0.25) is 5.91 Å². The second-order valence-electron chi connectivity index (χ2n) is 3.74. The lowest BCUT2D eigenvalue weighted by molar-refractivity contribution is -0.132. The average Bonchev–Trinajstić information content (AvgIpc) is 2.43. The lowest BCUT2D eigenvalue weighted by Gasteiger charge is -2.21. The number of rotatable bonds is 6. The molecule has 0 fully saturated rings. The number of nitrogens with two attached hydrogens (primary N) is 1. The molecular weight excluding hydrogens is 254 g/mol. The minimum atomic E-state index is -1.77. The van der Waals surface area contributed by atoms with Crippen molar-refractivity contribution >= 4 is 5.91 Å². The van der Waals surface area contributed by atoms with E-state index in [-0.39, 0.29) is 17.1 Å². The predicted octanol–water partition coefficient (Wildman–Crippen LogP) is -0.408. The molecule has 7 nitrogen and oxygen atoms in total. The van der Waals surface area contributed by atoms with Crippen LogP contribution >= 0.6 is 0 Å². The number of amides is 1. The number of ether oxygens (including phenoxy) is 3. The van der Waals surface area contributed by atoms with Crippen molar-refractivity contribution in [1.82, 2.24) is 0 Å². The molecule has 4 N–H and O–H groups in total. The van der Waals surface area contributed by atoms with Crippen LogP contribution in [-0.2, 0) is 4.79 Å². The summed E-state index contributed by atoms with van der Waals surface area (Å²) in [7, 11) is 4.21. The van der Waals surface area contributed by atoms with Crippen LogP contribution in [0.15, 0.2) is 12.1 Å². The number of carbonyl (C=O) groups is 1. The molecule has 0 aromatic heterocycles. The molecule has 19 heavy (non-hydrogen) atoms. The second kappa shape index (κ2) is 6.26. The summed E-state index contributed by atoms with van der Waals surface area (Å²) in [5.41, 5.74) is 5.08. The monoisotopic (exact) mass is 271 g/mol. The normalized spacial score (nSPS) is 13.5. The Balaban J connectivity index is 3.35. The van der Waals surface area contributed by atoms with Gasteiger partial charge in [-0.25, -0.2) is 0 Å². The summed E-state index contributed by atoms with van der Waals surface area (Å²) in [4.78, 5) is 10.9. The van der Waals surface area contributed by atoms with Crippen molar-refractivity contribution in [3.63, 3.8) is 0 Å². The van der Waals surface area contributed by atoms with E-state index in [1.807, 2.05) is 0 Å². The van der Waals surface area contributed by atoms with Crippen molar-refractivity contribution in [2.45, 2.75) is 12.2 Å². The van der Waals surface area contributed by atoms with Crippen molar-refractivity contribution < 1.29 is 29.2 Å². The Morgan fingerprint density at radius 3 is 1.89 bits per heavy atom. The standard InChI is InChI=1S/C12H17NO6/c1-17-6-4-7(18-2)9(8(5-6)19-3)10(14)11(15)12(13)16/h4-5,10-11,14-15H,1-3H3,(H2,13,16). The fourth-order valence-electron chi connectivity index (χ4n) is 1.64. The largest absolute Gasteiger partial charge is 0.496 e. The van der Waals surface area contributed by atoms with E-state index in [1.54, 1.807) is 0 Å². The van der Waals surface area contributed by atoms with E-state index in [0.717, 1.165) is 0 Å². The Hall–Kier alpha value is -1.99. The molecule has 2 atom stereocenters. The first kappa shape index (κ1) is 15.1.